The number of aromatic nitrogens is 2. The van der Waals surface area contributed by atoms with Crippen molar-refractivity contribution in [2.45, 2.75) is 19.5 Å². The quantitative estimate of drug-likeness (QED) is 0.735. The SMILES string of the molecule is O=C(Cn1cnc(-c2ccco2)cc1=O)N1CCc2ccccc2C1. The molecule has 1 aliphatic heterocycles. The number of rotatable bonds is 3. The Hall–Kier alpha value is -3.15. The van der Waals surface area contributed by atoms with Gasteiger partial charge in [0.05, 0.1) is 12.6 Å². The van der Waals surface area contributed by atoms with Crippen LogP contribution >= 0.6 is 0 Å². The third-order valence-electron chi connectivity index (χ3n) is 4.44. The van der Waals surface area contributed by atoms with Crippen LogP contribution in [0.5, 0.6) is 0 Å². The molecule has 3 aromatic rings. The van der Waals surface area contributed by atoms with Crippen LogP contribution in [0, 0.1) is 0 Å². The lowest BCUT2D eigenvalue weighted by atomic mass is 10.00. The van der Waals surface area contributed by atoms with Crippen LogP contribution in [-0.2, 0) is 24.3 Å². The minimum Gasteiger partial charge on any atom is -0.463 e. The monoisotopic (exact) mass is 335 g/mol. The van der Waals surface area contributed by atoms with E-state index >= 15 is 0 Å². The molecule has 0 spiro atoms. The largest absolute Gasteiger partial charge is 0.463 e. The van der Waals surface area contributed by atoms with E-state index < -0.39 is 0 Å². The van der Waals surface area contributed by atoms with E-state index in [2.05, 4.69) is 11.1 Å². The maximum Gasteiger partial charge on any atom is 0.254 e. The van der Waals surface area contributed by atoms with Crippen molar-refractivity contribution >= 4 is 5.91 Å². The van der Waals surface area contributed by atoms with Gasteiger partial charge in [-0.3, -0.25) is 14.2 Å². The molecule has 0 unspecified atom stereocenters. The van der Waals surface area contributed by atoms with Gasteiger partial charge in [0.1, 0.15) is 12.2 Å². The van der Waals surface area contributed by atoms with E-state index in [1.54, 1.807) is 17.0 Å². The van der Waals surface area contributed by atoms with E-state index in [1.807, 2.05) is 18.2 Å². The Morgan fingerprint density at radius 2 is 2.00 bits per heavy atom. The van der Waals surface area contributed by atoms with Gasteiger partial charge in [-0.05, 0) is 29.7 Å². The zero-order valence-electron chi connectivity index (χ0n) is 13.6. The lowest BCUT2D eigenvalue weighted by molar-refractivity contribution is -0.132. The Morgan fingerprint density at radius 1 is 1.16 bits per heavy atom. The Morgan fingerprint density at radius 3 is 2.76 bits per heavy atom. The molecule has 0 N–H and O–H groups in total. The summed E-state index contributed by atoms with van der Waals surface area (Å²) in [7, 11) is 0. The second-order valence-electron chi connectivity index (χ2n) is 6.05. The number of furan rings is 1. The summed E-state index contributed by atoms with van der Waals surface area (Å²) in [6, 6.07) is 13.0. The van der Waals surface area contributed by atoms with Crippen molar-refractivity contribution < 1.29 is 9.21 Å². The first-order chi connectivity index (χ1) is 12.2. The number of carbonyl (C=O) groups is 1. The van der Waals surface area contributed by atoms with Crippen molar-refractivity contribution in [1.82, 2.24) is 14.5 Å². The van der Waals surface area contributed by atoms with Crippen LogP contribution in [-0.4, -0.2) is 26.9 Å². The predicted octanol–water partition coefficient (Wildman–Crippen LogP) is 2.09. The molecular formula is C19H17N3O3. The molecule has 3 heterocycles. The Balaban J connectivity index is 1.49. The van der Waals surface area contributed by atoms with Crippen molar-refractivity contribution in [3.63, 3.8) is 0 Å². The van der Waals surface area contributed by atoms with Gasteiger partial charge in [-0.25, -0.2) is 4.98 Å². The van der Waals surface area contributed by atoms with Gasteiger partial charge in [0.25, 0.3) is 5.56 Å². The summed E-state index contributed by atoms with van der Waals surface area (Å²) in [5, 5.41) is 0. The van der Waals surface area contributed by atoms with Crippen LogP contribution in [0.2, 0.25) is 0 Å². The fourth-order valence-electron chi connectivity index (χ4n) is 3.06. The summed E-state index contributed by atoms with van der Waals surface area (Å²) < 4.78 is 6.57. The maximum atomic E-state index is 12.6. The lowest BCUT2D eigenvalue weighted by Gasteiger charge is -2.29. The fourth-order valence-corrected chi connectivity index (χ4v) is 3.06. The molecule has 0 aliphatic carbocycles. The normalized spacial score (nSPS) is 13.5. The third-order valence-corrected chi connectivity index (χ3v) is 4.44. The molecule has 6 heteroatoms. The number of hydrogen-bond donors (Lipinski definition) is 0. The van der Waals surface area contributed by atoms with Gasteiger partial charge in [-0.2, -0.15) is 0 Å². The number of nitrogens with zero attached hydrogens (tertiary/aromatic N) is 3. The smallest absolute Gasteiger partial charge is 0.254 e. The Kier molecular flexibility index (Phi) is 3.93. The summed E-state index contributed by atoms with van der Waals surface area (Å²) in [5.41, 5.74) is 2.65. The topological polar surface area (TPSA) is 68.3 Å². The molecule has 126 valence electrons. The number of carbonyl (C=O) groups excluding carboxylic acids is 1. The summed E-state index contributed by atoms with van der Waals surface area (Å²) in [5.74, 6) is 0.451. The van der Waals surface area contributed by atoms with Crippen LogP contribution in [0.1, 0.15) is 11.1 Å². The molecule has 1 aromatic carbocycles. The van der Waals surface area contributed by atoms with Crippen LogP contribution in [0.25, 0.3) is 11.5 Å². The van der Waals surface area contributed by atoms with Gasteiger partial charge in [0.15, 0.2) is 5.76 Å². The average Bonchev–Trinajstić information content (AvgIpc) is 3.17. The van der Waals surface area contributed by atoms with Gasteiger partial charge in [0, 0.05) is 19.2 Å². The van der Waals surface area contributed by atoms with E-state index in [-0.39, 0.29) is 18.0 Å². The molecule has 4 rings (SSSR count). The summed E-state index contributed by atoms with van der Waals surface area (Å²) in [6.07, 6.45) is 3.77. The molecule has 6 nitrogen and oxygen atoms in total. The van der Waals surface area contributed by atoms with Gasteiger partial charge >= 0.3 is 0 Å². The fraction of sp³-hybridized carbons (Fsp3) is 0.211. The minimum atomic E-state index is -0.271. The molecular weight excluding hydrogens is 318 g/mol. The molecule has 1 aliphatic rings. The maximum absolute atomic E-state index is 12.6. The van der Waals surface area contributed by atoms with Crippen molar-refractivity contribution in [2.75, 3.05) is 6.54 Å². The van der Waals surface area contributed by atoms with Crippen LogP contribution < -0.4 is 5.56 Å². The van der Waals surface area contributed by atoms with Gasteiger partial charge < -0.3 is 9.32 Å². The zero-order valence-corrected chi connectivity index (χ0v) is 13.6. The van der Waals surface area contributed by atoms with E-state index in [1.165, 1.54) is 34.4 Å². The highest BCUT2D eigenvalue weighted by atomic mass is 16.3. The molecule has 1 amide bonds. The van der Waals surface area contributed by atoms with Crippen LogP contribution in [0.15, 0.2) is 64.3 Å². The highest BCUT2D eigenvalue weighted by Gasteiger charge is 2.21. The lowest BCUT2D eigenvalue weighted by Crippen LogP contribution is -2.39. The summed E-state index contributed by atoms with van der Waals surface area (Å²) in [6.45, 7) is 1.25. The second kappa shape index (κ2) is 6.39. The number of amides is 1. The number of hydrogen-bond acceptors (Lipinski definition) is 4. The highest BCUT2D eigenvalue weighted by Crippen LogP contribution is 2.19. The molecule has 0 radical (unpaired) electrons. The van der Waals surface area contributed by atoms with E-state index in [9.17, 15) is 9.59 Å². The predicted molar refractivity (Wildman–Crippen MR) is 91.8 cm³/mol. The first-order valence-corrected chi connectivity index (χ1v) is 8.15. The Bertz CT molecular complexity index is 960. The number of fused-ring (bicyclic) bond motifs is 1. The molecule has 0 atom stereocenters. The van der Waals surface area contributed by atoms with E-state index in [0.717, 1.165) is 6.42 Å². The van der Waals surface area contributed by atoms with Crippen molar-refractivity contribution in [3.8, 4) is 11.5 Å². The van der Waals surface area contributed by atoms with Crippen molar-refractivity contribution in [2.24, 2.45) is 0 Å². The average molecular weight is 335 g/mol. The molecule has 25 heavy (non-hydrogen) atoms. The van der Waals surface area contributed by atoms with E-state index in [4.69, 9.17) is 4.42 Å². The standard InChI is InChI=1S/C19H17N3O3/c23-18-10-16(17-6-3-9-25-17)20-13-22(18)12-19(24)21-8-7-14-4-1-2-5-15(14)11-21/h1-6,9-10,13H,7-8,11-12H2. The van der Waals surface area contributed by atoms with Gasteiger partial charge in [-0.1, -0.05) is 24.3 Å². The van der Waals surface area contributed by atoms with Crippen molar-refractivity contribution in [3.05, 3.63) is 76.5 Å². The van der Waals surface area contributed by atoms with Gasteiger partial charge in [0.2, 0.25) is 5.91 Å². The van der Waals surface area contributed by atoms with E-state index in [0.29, 0.717) is 24.5 Å². The van der Waals surface area contributed by atoms with Crippen molar-refractivity contribution in [1.29, 1.82) is 0 Å². The highest BCUT2D eigenvalue weighted by molar-refractivity contribution is 5.76. The first kappa shape index (κ1) is 15.4. The molecule has 2 aromatic heterocycles. The summed E-state index contributed by atoms with van der Waals surface area (Å²) in [4.78, 5) is 30.8. The number of benzene rings is 1. The second-order valence-corrected chi connectivity index (χ2v) is 6.05. The molecule has 0 bridgehead atoms. The first-order valence-electron chi connectivity index (χ1n) is 8.15. The summed E-state index contributed by atoms with van der Waals surface area (Å²) >= 11 is 0. The molecule has 0 saturated carbocycles. The van der Waals surface area contributed by atoms with Crippen LogP contribution in [0.3, 0.4) is 0 Å². The molecule has 0 saturated heterocycles. The zero-order chi connectivity index (χ0) is 17.2. The molecule has 0 fully saturated rings. The van der Waals surface area contributed by atoms with Crippen LogP contribution in [0.4, 0.5) is 0 Å². The Labute approximate surface area is 144 Å². The van der Waals surface area contributed by atoms with Gasteiger partial charge in [-0.15, -0.1) is 0 Å². The third kappa shape index (κ3) is 3.10. The minimum absolute atomic E-state index is 0.00750.